The molecular formula is C4H3N5S. The highest BCUT2D eigenvalue weighted by Gasteiger charge is 2.01. The Hall–Kier alpha value is -1.30. The summed E-state index contributed by atoms with van der Waals surface area (Å²) in [6, 6.07) is 0. The van der Waals surface area contributed by atoms with Gasteiger partial charge in [-0.15, -0.1) is 5.10 Å². The van der Waals surface area contributed by atoms with Gasteiger partial charge in [-0.2, -0.15) is 0 Å². The fourth-order valence-corrected chi connectivity index (χ4v) is 1.16. The molecule has 0 aliphatic rings. The Balaban J connectivity index is 2.95. The molecule has 0 amide bonds. The Morgan fingerprint density at radius 3 is 3.10 bits per heavy atom. The summed E-state index contributed by atoms with van der Waals surface area (Å²) >= 11 is 1.21. The van der Waals surface area contributed by atoms with E-state index in [1.807, 2.05) is 0 Å². The zero-order valence-electron chi connectivity index (χ0n) is 4.85. The van der Waals surface area contributed by atoms with E-state index in [2.05, 4.69) is 19.6 Å². The minimum atomic E-state index is 0.388. The van der Waals surface area contributed by atoms with Crippen LogP contribution in [-0.4, -0.2) is 19.6 Å². The van der Waals surface area contributed by atoms with Crippen LogP contribution in [0.1, 0.15) is 0 Å². The van der Waals surface area contributed by atoms with Crippen LogP contribution in [0.5, 0.6) is 0 Å². The summed E-state index contributed by atoms with van der Waals surface area (Å²) in [5.41, 5.74) is 6.04. The van der Waals surface area contributed by atoms with Gasteiger partial charge in [0.2, 0.25) is 0 Å². The van der Waals surface area contributed by atoms with E-state index < -0.39 is 0 Å². The molecule has 2 N–H and O–H groups in total. The summed E-state index contributed by atoms with van der Waals surface area (Å²) in [7, 11) is 0. The molecule has 0 unspecified atom stereocenters. The predicted molar refractivity (Wildman–Crippen MR) is 37.4 cm³/mol. The van der Waals surface area contributed by atoms with Gasteiger partial charge in [-0.1, -0.05) is 4.49 Å². The Bertz CT molecular complexity index is 355. The average molecular weight is 153 g/mol. The van der Waals surface area contributed by atoms with Crippen molar-refractivity contribution in [1.29, 1.82) is 0 Å². The molecule has 0 aliphatic carbocycles. The van der Waals surface area contributed by atoms with Crippen molar-refractivity contribution in [3.63, 3.8) is 0 Å². The van der Waals surface area contributed by atoms with Gasteiger partial charge in [-0.3, -0.25) is 0 Å². The van der Waals surface area contributed by atoms with Gasteiger partial charge in [0.15, 0.2) is 16.2 Å². The van der Waals surface area contributed by atoms with Crippen LogP contribution in [0.15, 0.2) is 6.33 Å². The SMILES string of the molecule is Nc1ncnc2snnc12. The number of hydrogen-bond donors (Lipinski definition) is 1. The maximum Gasteiger partial charge on any atom is 0.169 e. The van der Waals surface area contributed by atoms with Crippen LogP contribution in [-0.2, 0) is 0 Å². The standard InChI is InChI=1S/C4H3N5S/c5-3-2-4(7-1-6-3)10-9-8-2/h1H,(H2,5,6,7). The van der Waals surface area contributed by atoms with E-state index in [9.17, 15) is 0 Å². The molecule has 0 aromatic carbocycles. The van der Waals surface area contributed by atoms with E-state index >= 15 is 0 Å². The molecule has 0 bridgehead atoms. The van der Waals surface area contributed by atoms with Crippen molar-refractivity contribution in [2.45, 2.75) is 0 Å². The van der Waals surface area contributed by atoms with Crippen molar-refractivity contribution < 1.29 is 0 Å². The third-order valence-corrected chi connectivity index (χ3v) is 1.72. The van der Waals surface area contributed by atoms with Gasteiger partial charge in [0.1, 0.15) is 6.33 Å². The highest BCUT2D eigenvalue weighted by atomic mass is 32.1. The maximum absolute atomic E-state index is 5.45. The van der Waals surface area contributed by atoms with Gasteiger partial charge in [0.05, 0.1) is 0 Å². The number of anilines is 1. The zero-order chi connectivity index (χ0) is 6.97. The van der Waals surface area contributed by atoms with Crippen molar-refractivity contribution >= 4 is 27.7 Å². The van der Waals surface area contributed by atoms with Crippen molar-refractivity contribution in [2.24, 2.45) is 0 Å². The topological polar surface area (TPSA) is 77.6 Å². The number of nitrogens with zero attached hydrogens (tertiary/aromatic N) is 4. The van der Waals surface area contributed by atoms with Crippen molar-refractivity contribution in [2.75, 3.05) is 5.73 Å². The molecule has 0 saturated carbocycles. The minimum Gasteiger partial charge on any atom is -0.382 e. The van der Waals surface area contributed by atoms with Gasteiger partial charge in [0.25, 0.3) is 0 Å². The second kappa shape index (κ2) is 1.84. The monoisotopic (exact) mass is 153 g/mol. The van der Waals surface area contributed by atoms with Crippen LogP contribution in [0.2, 0.25) is 0 Å². The maximum atomic E-state index is 5.45. The first-order valence-electron chi connectivity index (χ1n) is 2.56. The highest BCUT2D eigenvalue weighted by Crippen LogP contribution is 2.14. The summed E-state index contributed by atoms with van der Waals surface area (Å²) in [6.07, 6.45) is 1.40. The van der Waals surface area contributed by atoms with Gasteiger partial charge < -0.3 is 5.73 Å². The quantitative estimate of drug-likeness (QED) is 0.579. The molecule has 0 aliphatic heterocycles. The molecule has 6 heteroatoms. The largest absolute Gasteiger partial charge is 0.382 e. The fourth-order valence-electron chi connectivity index (χ4n) is 0.636. The molecule has 0 spiro atoms. The first kappa shape index (κ1) is 5.48. The Kier molecular flexibility index (Phi) is 1.01. The van der Waals surface area contributed by atoms with Gasteiger partial charge in [-0.05, 0) is 0 Å². The number of fused-ring (bicyclic) bond motifs is 1. The lowest BCUT2D eigenvalue weighted by atomic mass is 10.5. The summed E-state index contributed by atoms with van der Waals surface area (Å²) in [6.45, 7) is 0. The molecular weight excluding hydrogens is 150 g/mol. The number of rotatable bonds is 0. The van der Waals surface area contributed by atoms with Crippen molar-refractivity contribution in [3.8, 4) is 0 Å². The van der Waals surface area contributed by atoms with E-state index in [1.165, 1.54) is 17.9 Å². The summed E-state index contributed by atoms with van der Waals surface area (Å²) in [4.78, 5) is 8.38. The summed E-state index contributed by atoms with van der Waals surface area (Å²) in [5, 5.41) is 3.74. The molecule has 0 saturated heterocycles. The molecule has 10 heavy (non-hydrogen) atoms. The normalized spacial score (nSPS) is 10.4. The van der Waals surface area contributed by atoms with Gasteiger partial charge in [-0.25, -0.2) is 9.97 Å². The number of hydrogen-bond acceptors (Lipinski definition) is 6. The van der Waals surface area contributed by atoms with Crippen LogP contribution in [0.3, 0.4) is 0 Å². The molecule has 2 aromatic heterocycles. The Labute approximate surface area is 60.1 Å². The highest BCUT2D eigenvalue weighted by molar-refractivity contribution is 7.12. The fraction of sp³-hybridized carbons (Fsp3) is 0. The lowest BCUT2D eigenvalue weighted by Gasteiger charge is -1.87. The number of nitrogen functional groups attached to an aromatic ring is 1. The second-order valence-electron chi connectivity index (χ2n) is 1.69. The van der Waals surface area contributed by atoms with Crippen LogP contribution in [0.4, 0.5) is 5.82 Å². The summed E-state index contributed by atoms with van der Waals surface area (Å²) < 4.78 is 3.67. The van der Waals surface area contributed by atoms with Crippen molar-refractivity contribution in [3.05, 3.63) is 6.33 Å². The van der Waals surface area contributed by atoms with Crippen LogP contribution >= 0.6 is 11.5 Å². The van der Waals surface area contributed by atoms with E-state index in [0.717, 1.165) is 4.83 Å². The predicted octanol–water partition coefficient (Wildman–Crippen LogP) is 0.0635. The third kappa shape index (κ3) is 0.623. The third-order valence-electron chi connectivity index (χ3n) is 1.09. The van der Waals surface area contributed by atoms with Crippen LogP contribution < -0.4 is 5.73 Å². The molecule has 2 rings (SSSR count). The lowest BCUT2D eigenvalue weighted by molar-refractivity contribution is 1.17. The second-order valence-corrected chi connectivity index (χ2v) is 2.42. The Morgan fingerprint density at radius 1 is 1.40 bits per heavy atom. The molecule has 2 heterocycles. The van der Waals surface area contributed by atoms with Gasteiger partial charge >= 0.3 is 0 Å². The van der Waals surface area contributed by atoms with E-state index in [-0.39, 0.29) is 0 Å². The first-order chi connectivity index (χ1) is 4.88. The number of nitrogens with two attached hydrogens (primary N) is 1. The number of aromatic nitrogens is 4. The zero-order valence-corrected chi connectivity index (χ0v) is 5.67. The van der Waals surface area contributed by atoms with Crippen LogP contribution in [0.25, 0.3) is 10.3 Å². The molecule has 5 nitrogen and oxygen atoms in total. The molecule has 0 radical (unpaired) electrons. The summed E-state index contributed by atoms with van der Waals surface area (Å²) in [5.74, 6) is 0.388. The van der Waals surface area contributed by atoms with E-state index in [1.54, 1.807) is 0 Å². The lowest BCUT2D eigenvalue weighted by Crippen LogP contribution is -1.91. The van der Waals surface area contributed by atoms with Gasteiger partial charge in [0, 0.05) is 11.5 Å². The minimum absolute atomic E-state index is 0.388. The molecule has 0 fully saturated rings. The molecule has 0 atom stereocenters. The van der Waals surface area contributed by atoms with Crippen molar-refractivity contribution in [1.82, 2.24) is 19.6 Å². The van der Waals surface area contributed by atoms with Crippen LogP contribution in [0, 0.1) is 0 Å². The smallest absolute Gasteiger partial charge is 0.169 e. The molecule has 2 aromatic rings. The Morgan fingerprint density at radius 2 is 2.30 bits per heavy atom. The van der Waals surface area contributed by atoms with E-state index in [4.69, 9.17) is 5.73 Å². The van der Waals surface area contributed by atoms with E-state index in [0.29, 0.717) is 11.3 Å². The first-order valence-corrected chi connectivity index (χ1v) is 3.34. The average Bonchev–Trinajstić information content (AvgIpc) is 2.36. The molecule has 50 valence electrons.